The van der Waals surface area contributed by atoms with Gasteiger partial charge >= 0.3 is 11.9 Å². The van der Waals surface area contributed by atoms with Gasteiger partial charge in [-0.1, -0.05) is 48.5 Å². The van der Waals surface area contributed by atoms with Crippen LogP contribution in [0.4, 0.5) is 0 Å². The van der Waals surface area contributed by atoms with Crippen LogP contribution in [0.3, 0.4) is 0 Å². The van der Waals surface area contributed by atoms with Gasteiger partial charge in [0.05, 0.1) is 12.1 Å². The number of para-hydroxylation sites is 1. The molecular formula is C39H50N12O9. The molecule has 6 unspecified atom stereocenters. The van der Waals surface area contributed by atoms with Crippen molar-refractivity contribution in [3.8, 4) is 0 Å². The summed E-state index contributed by atoms with van der Waals surface area (Å²) in [5.41, 5.74) is 19.0. The van der Waals surface area contributed by atoms with E-state index in [1.165, 1.54) is 12.6 Å². The number of nitrogens with one attached hydrogen (secondary N) is 6. The van der Waals surface area contributed by atoms with Crippen LogP contribution in [-0.2, 0) is 46.4 Å². The van der Waals surface area contributed by atoms with Crippen molar-refractivity contribution in [1.29, 1.82) is 0 Å². The number of aromatic nitrogens is 1. The molecule has 6 atom stereocenters. The van der Waals surface area contributed by atoms with E-state index in [9.17, 15) is 38.7 Å². The lowest BCUT2D eigenvalue weighted by Gasteiger charge is -2.27. The van der Waals surface area contributed by atoms with Crippen LogP contribution in [0.2, 0.25) is 0 Å². The molecule has 2 heterocycles. The quantitative estimate of drug-likeness (QED) is 0.0271. The van der Waals surface area contributed by atoms with Gasteiger partial charge in [0.1, 0.15) is 37.1 Å². The van der Waals surface area contributed by atoms with Crippen molar-refractivity contribution in [3.05, 3.63) is 71.9 Å². The Bertz CT molecular complexity index is 2070. The summed E-state index contributed by atoms with van der Waals surface area (Å²) in [4.78, 5) is 106. The van der Waals surface area contributed by atoms with E-state index in [1.807, 2.05) is 18.2 Å². The number of carbonyl (C=O) groups is 7. The molecule has 14 N–H and O–H groups in total. The normalized spacial score (nSPS) is 15.4. The fourth-order valence-corrected chi connectivity index (χ4v) is 6.25. The summed E-state index contributed by atoms with van der Waals surface area (Å²) in [5, 5.41) is 32.0. The first kappa shape index (κ1) is 45.5. The second kappa shape index (κ2) is 22.7. The monoisotopic (exact) mass is 830 g/mol. The van der Waals surface area contributed by atoms with Gasteiger partial charge in [-0.2, -0.15) is 0 Å². The van der Waals surface area contributed by atoms with Crippen molar-refractivity contribution in [2.24, 2.45) is 32.2 Å². The van der Waals surface area contributed by atoms with Gasteiger partial charge in [-0.25, -0.2) is 4.99 Å². The molecule has 2 aromatic carbocycles. The highest BCUT2D eigenvalue weighted by atomic mass is 16.4. The molecule has 4 rings (SSSR count). The number of carboxylic acids is 2. The summed E-state index contributed by atoms with van der Waals surface area (Å²) >= 11 is 0. The fraction of sp³-hybridized carbons (Fsp3) is 0.385. The Morgan fingerprint density at radius 2 is 1.38 bits per heavy atom. The molecule has 320 valence electrons. The Labute approximate surface area is 344 Å². The summed E-state index contributed by atoms with van der Waals surface area (Å²) in [6.07, 6.45) is 3.78. The van der Waals surface area contributed by atoms with Gasteiger partial charge in [0.15, 0.2) is 5.96 Å². The Balaban J connectivity index is 1.60. The Morgan fingerprint density at radius 1 is 0.750 bits per heavy atom. The van der Waals surface area contributed by atoms with E-state index in [4.69, 9.17) is 22.3 Å². The molecule has 60 heavy (non-hydrogen) atoms. The van der Waals surface area contributed by atoms with E-state index >= 15 is 0 Å². The van der Waals surface area contributed by atoms with Crippen LogP contribution in [0.1, 0.15) is 43.2 Å². The van der Waals surface area contributed by atoms with Crippen LogP contribution in [0.5, 0.6) is 0 Å². The maximum atomic E-state index is 14.3. The predicted molar refractivity (Wildman–Crippen MR) is 221 cm³/mol. The zero-order valence-corrected chi connectivity index (χ0v) is 32.6. The molecule has 0 radical (unpaired) electrons. The van der Waals surface area contributed by atoms with E-state index < -0.39 is 84.3 Å². The molecule has 5 amide bonds. The molecule has 1 aromatic heterocycles. The van der Waals surface area contributed by atoms with Crippen molar-refractivity contribution >= 4 is 70.9 Å². The van der Waals surface area contributed by atoms with Crippen LogP contribution in [-0.4, -0.2) is 125 Å². The van der Waals surface area contributed by atoms with E-state index in [-0.39, 0.29) is 57.5 Å². The Hall–Kier alpha value is -7.16. The van der Waals surface area contributed by atoms with Gasteiger partial charge in [0.25, 0.3) is 0 Å². The smallest absolute Gasteiger partial charge is 0.322 e. The Kier molecular flexibility index (Phi) is 17.2. The molecule has 0 bridgehead atoms. The minimum Gasteiger partial charge on any atom is -0.481 e. The number of fused-ring (bicyclic) bond motifs is 1. The lowest BCUT2D eigenvalue weighted by atomic mass is 10.0. The zero-order chi connectivity index (χ0) is 43.6. The number of hydrogen-bond acceptors (Lipinski definition) is 11. The number of amides is 5. The zero-order valence-electron chi connectivity index (χ0n) is 32.6. The van der Waals surface area contributed by atoms with Crippen LogP contribution < -0.4 is 43.8 Å². The second-order valence-corrected chi connectivity index (χ2v) is 14.0. The van der Waals surface area contributed by atoms with Gasteiger partial charge in [-0.15, -0.1) is 0 Å². The minimum absolute atomic E-state index is 0.0388. The van der Waals surface area contributed by atoms with Crippen molar-refractivity contribution in [2.75, 3.05) is 13.1 Å². The molecule has 0 saturated carbocycles. The van der Waals surface area contributed by atoms with Crippen molar-refractivity contribution in [2.45, 2.75) is 81.2 Å². The average Bonchev–Trinajstić information content (AvgIpc) is 3.89. The lowest BCUT2D eigenvalue weighted by Crippen LogP contribution is -2.59. The summed E-state index contributed by atoms with van der Waals surface area (Å²) in [5.74, 6) is -6.65. The maximum absolute atomic E-state index is 14.3. The van der Waals surface area contributed by atoms with E-state index in [1.54, 1.807) is 42.6 Å². The first-order chi connectivity index (χ1) is 28.7. The number of aromatic amines is 1. The molecule has 0 saturated heterocycles. The summed E-state index contributed by atoms with van der Waals surface area (Å²) in [7, 11) is 0. The average molecular weight is 831 g/mol. The van der Waals surface area contributed by atoms with Gasteiger partial charge in [-0.3, -0.25) is 43.5 Å². The largest absolute Gasteiger partial charge is 0.481 e. The number of rotatable bonds is 24. The molecule has 1 aliphatic rings. The number of guanidine groups is 1. The first-order valence-electron chi connectivity index (χ1n) is 19.1. The molecule has 21 nitrogen and oxygen atoms in total. The van der Waals surface area contributed by atoms with Crippen molar-refractivity contribution in [3.63, 3.8) is 0 Å². The summed E-state index contributed by atoms with van der Waals surface area (Å²) in [6, 6.07) is 8.80. The van der Waals surface area contributed by atoms with E-state index in [0.717, 1.165) is 10.9 Å². The molecule has 1 aliphatic heterocycles. The molecule has 0 fully saturated rings. The number of nitrogens with zero attached hydrogens (tertiary/aromatic N) is 3. The lowest BCUT2D eigenvalue weighted by molar-refractivity contribution is -0.139. The number of aliphatic carboxylic acids is 2. The van der Waals surface area contributed by atoms with Gasteiger partial charge in [0.2, 0.25) is 29.5 Å². The topological polar surface area (TPSA) is 351 Å². The van der Waals surface area contributed by atoms with E-state index in [2.05, 4.69) is 46.5 Å². The van der Waals surface area contributed by atoms with Gasteiger partial charge in [0, 0.05) is 55.5 Å². The number of benzene rings is 2. The SMILES string of the molecule is NC(N)=NCCCC(NC(=O)C(Cc1ccccc1)NC(=O)C(CC1C=NC=N1)NC(=O)C(N)CCC(=O)O)C(=O)NC(Cc1c[nH]c2ccccc12)C(=O)NCC(=O)O. The maximum Gasteiger partial charge on any atom is 0.322 e. The molecule has 0 spiro atoms. The summed E-state index contributed by atoms with van der Waals surface area (Å²) < 4.78 is 0. The van der Waals surface area contributed by atoms with Crippen molar-refractivity contribution < 1.29 is 43.8 Å². The third kappa shape index (κ3) is 14.7. The number of carboxylic acid groups (broad SMARTS) is 2. The highest BCUT2D eigenvalue weighted by Gasteiger charge is 2.33. The number of nitrogens with two attached hydrogens (primary N) is 3. The summed E-state index contributed by atoms with van der Waals surface area (Å²) in [6.45, 7) is -0.638. The third-order valence-electron chi connectivity index (χ3n) is 9.34. The number of carbonyl (C=O) groups excluding carboxylic acids is 5. The molecule has 3 aromatic rings. The standard InChI is InChI=1S/C39H50N12O9/c40-26(12-13-32(52)53)34(56)49-31(17-24-19-43-21-47-24)38(60)50-29(15-22-7-2-1-3-8-22)37(59)48-28(11-6-14-44-39(41)42)36(58)51-30(35(57)46-20-33(54)55)16-23-18-45-27-10-5-4-9-25(23)27/h1-5,7-10,18-19,21,24,26,28-31,45H,6,11-17,20,40H2,(H,46,57)(H,48,59)(H,49,56)(H,50,60)(H,51,58)(H,52,53)(H,54,55)(H4,41,42,44). The number of H-pyrrole nitrogens is 1. The van der Waals surface area contributed by atoms with Crippen LogP contribution in [0, 0.1) is 0 Å². The van der Waals surface area contributed by atoms with Gasteiger partial charge in [-0.05, 0) is 36.5 Å². The van der Waals surface area contributed by atoms with E-state index in [0.29, 0.717) is 11.1 Å². The van der Waals surface area contributed by atoms with Gasteiger partial charge < -0.3 is 59.0 Å². The van der Waals surface area contributed by atoms with Crippen molar-refractivity contribution in [1.82, 2.24) is 31.6 Å². The van der Waals surface area contributed by atoms with Crippen LogP contribution in [0.15, 0.2) is 75.8 Å². The molecule has 21 heteroatoms. The molecule has 0 aliphatic carbocycles. The molecular weight excluding hydrogens is 781 g/mol. The van der Waals surface area contributed by atoms with Crippen LogP contribution >= 0.6 is 0 Å². The highest BCUT2D eigenvalue weighted by Crippen LogP contribution is 2.19. The fourth-order valence-electron chi connectivity index (χ4n) is 6.25. The second-order valence-electron chi connectivity index (χ2n) is 14.0. The number of aliphatic imine (C=N–C) groups is 3. The highest BCUT2D eigenvalue weighted by molar-refractivity contribution is 5.97. The predicted octanol–water partition coefficient (Wildman–Crippen LogP) is -1.79. The minimum atomic E-state index is -1.34. The third-order valence-corrected chi connectivity index (χ3v) is 9.34. The number of hydrogen-bond donors (Lipinski definition) is 11. The van der Waals surface area contributed by atoms with Crippen LogP contribution in [0.25, 0.3) is 10.9 Å². The first-order valence-corrected chi connectivity index (χ1v) is 19.1. The Morgan fingerprint density at radius 3 is 2.05 bits per heavy atom.